The zero-order valence-corrected chi connectivity index (χ0v) is 11.1. The number of thiophene rings is 1. The summed E-state index contributed by atoms with van der Waals surface area (Å²) in [5.41, 5.74) is 1.37. The highest BCUT2D eigenvalue weighted by Crippen LogP contribution is 2.32. The van der Waals surface area contributed by atoms with Crippen LogP contribution in [0.2, 0.25) is 0 Å². The molecule has 0 aromatic carbocycles. The van der Waals surface area contributed by atoms with Gasteiger partial charge < -0.3 is 14.9 Å². The van der Waals surface area contributed by atoms with E-state index in [0.29, 0.717) is 21.9 Å². The van der Waals surface area contributed by atoms with Gasteiger partial charge in [0.1, 0.15) is 17.1 Å². The minimum absolute atomic E-state index is 0.108. The van der Waals surface area contributed by atoms with E-state index in [0.717, 1.165) is 11.3 Å². The van der Waals surface area contributed by atoms with E-state index >= 15 is 0 Å². The largest absolute Gasteiger partial charge is 0.506 e. The number of nitrogens with zero attached hydrogens (tertiary/aromatic N) is 3. The molecule has 7 nitrogen and oxygen atoms in total. The lowest BCUT2D eigenvalue weighted by molar-refractivity contribution is 0.0699. The van der Waals surface area contributed by atoms with Crippen molar-refractivity contribution < 1.29 is 19.7 Å². The molecule has 3 aromatic rings. The molecule has 0 aliphatic heterocycles. The zero-order chi connectivity index (χ0) is 14.3. The Kier molecular flexibility index (Phi) is 2.79. The molecule has 0 aliphatic carbocycles. The van der Waals surface area contributed by atoms with Crippen molar-refractivity contribution in [1.29, 1.82) is 0 Å². The third-order valence-electron chi connectivity index (χ3n) is 2.75. The number of hydrogen-bond acceptors (Lipinski definition) is 6. The molecule has 20 heavy (non-hydrogen) atoms. The van der Waals surface area contributed by atoms with Gasteiger partial charge in [-0.25, -0.2) is 14.8 Å². The van der Waals surface area contributed by atoms with E-state index in [2.05, 4.69) is 9.97 Å². The third kappa shape index (κ3) is 1.86. The van der Waals surface area contributed by atoms with Crippen LogP contribution in [0.15, 0.2) is 24.7 Å². The second-order valence-corrected chi connectivity index (χ2v) is 4.96. The second kappa shape index (κ2) is 4.49. The molecule has 0 aliphatic rings. The molecule has 0 unspecified atom stereocenters. The van der Waals surface area contributed by atoms with Gasteiger partial charge in [-0.1, -0.05) is 0 Å². The van der Waals surface area contributed by atoms with E-state index < -0.39 is 5.97 Å². The summed E-state index contributed by atoms with van der Waals surface area (Å²) >= 11 is 0.965. The van der Waals surface area contributed by atoms with Crippen LogP contribution >= 0.6 is 11.3 Å². The van der Waals surface area contributed by atoms with Gasteiger partial charge in [-0.2, -0.15) is 0 Å². The summed E-state index contributed by atoms with van der Waals surface area (Å²) in [5, 5.41) is 19.1. The molecule has 102 valence electrons. The molecule has 0 spiro atoms. The van der Waals surface area contributed by atoms with Gasteiger partial charge >= 0.3 is 5.97 Å². The van der Waals surface area contributed by atoms with E-state index in [1.807, 2.05) is 0 Å². The minimum atomic E-state index is -1.16. The number of fused-ring (bicyclic) bond motifs is 1. The lowest BCUT2D eigenvalue weighted by atomic mass is 10.4. The summed E-state index contributed by atoms with van der Waals surface area (Å²) in [6.07, 6.45) is 3.13. The zero-order valence-electron chi connectivity index (χ0n) is 10.3. The lowest BCUT2D eigenvalue weighted by Gasteiger charge is -2.00. The van der Waals surface area contributed by atoms with Crippen LogP contribution in [0.25, 0.3) is 16.0 Å². The number of imidazole rings is 1. The number of aromatic nitrogens is 3. The van der Waals surface area contributed by atoms with Crippen LogP contribution in [0.3, 0.4) is 0 Å². The highest BCUT2D eigenvalue weighted by atomic mass is 32.1. The second-order valence-electron chi connectivity index (χ2n) is 3.93. The number of aromatic hydroxyl groups is 1. The molecule has 0 bridgehead atoms. The first-order valence-electron chi connectivity index (χ1n) is 5.53. The first kappa shape index (κ1) is 12.4. The third-order valence-corrected chi connectivity index (χ3v) is 3.86. The predicted octanol–water partition coefficient (Wildman–Crippen LogP) is 1.89. The summed E-state index contributed by atoms with van der Waals surface area (Å²) in [7, 11) is 1.52. The van der Waals surface area contributed by atoms with Gasteiger partial charge in [-0.15, -0.1) is 11.3 Å². The topological polar surface area (TPSA) is 97.5 Å². The molecule has 0 radical (unpaired) electrons. The van der Waals surface area contributed by atoms with Gasteiger partial charge in [-0.05, 0) is 0 Å². The standard InChI is InChI=1S/C12H9N3O4S/c1-19-9-2-6-7(4-13-9)15(5-14-6)10-3-8(16)11(20-10)12(17)18/h2-5,16H,1H3,(H,17,18). The van der Waals surface area contributed by atoms with Crippen molar-refractivity contribution in [3.63, 3.8) is 0 Å². The number of ether oxygens (including phenoxy) is 1. The molecule has 0 amide bonds. The Morgan fingerprint density at radius 1 is 1.40 bits per heavy atom. The maximum absolute atomic E-state index is 10.9. The number of pyridine rings is 1. The van der Waals surface area contributed by atoms with Crippen LogP contribution < -0.4 is 4.74 Å². The Morgan fingerprint density at radius 3 is 2.85 bits per heavy atom. The van der Waals surface area contributed by atoms with Crippen molar-refractivity contribution in [3.8, 4) is 16.6 Å². The van der Waals surface area contributed by atoms with Crippen molar-refractivity contribution >= 4 is 28.3 Å². The fraction of sp³-hybridized carbons (Fsp3) is 0.0833. The summed E-state index contributed by atoms with van der Waals surface area (Å²) in [4.78, 5) is 19.1. The average molecular weight is 291 g/mol. The van der Waals surface area contributed by atoms with Crippen molar-refractivity contribution in [2.45, 2.75) is 0 Å². The first-order valence-corrected chi connectivity index (χ1v) is 6.35. The van der Waals surface area contributed by atoms with E-state index in [9.17, 15) is 9.90 Å². The molecule has 8 heteroatoms. The summed E-state index contributed by atoms with van der Waals surface area (Å²) in [5.74, 6) is -0.980. The van der Waals surface area contributed by atoms with E-state index in [-0.39, 0.29) is 10.6 Å². The molecule has 0 saturated heterocycles. The van der Waals surface area contributed by atoms with Gasteiger partial charge in [0.15, 0.2) is 4.88 Å². The number of hydrogen-bond donors (Lipinski definition) is 2. The van der Waals surface area contributed by atoms with Gasteiger partial charge in [0.2, 0.25) is 5.88 Å². The highest BCUT2D eigenvalue weighted by Gasteiger charge is 2.17. The maximum Gasteiger partial charge on any atom is 0.349 e. The molecule has 2 N–H and O–H groups in total. The number of carboxylic acids is 1. The Labute approximate surface area is 116 Å². The SMILES string of the molecule is COc1cc2ncn(-c3cc(O)c(C(=O)O)s3)c2cn1. The number of methoxy groups -OCH3 is 1. The van der Waals surface area contributed by atoms with Gasteiger partial charge in [-0.3, -0.25) is 4.57 Å². The van der Waals surface area contributed by atoms with Gasteiger partial charge in [0.05, 0.1) is 24.3 Å². The summed E-state index contributed by atoms with van der Waals surface area (Å²) in [6, 6.07) is 3.07. The van der Waals surface area contributed by atoms with E-state index in [4.69, 9.17) is 9.84 Å². The Hall–Kier alpha value is -2.61. The normalized spacial score (nSPS) is 10.8. The molecule has 3 heterocycles. The molecular formula is C12H9N3O4S. The van der Waals surface area contributed by atoms with Crippen molar-refractivity contribution in [1.82, 2.24) is 14.5 Å². The monoisotopic (exact) mass is 291 g/mol. The molecule has 3 aromatic heterocycles. The lowest BCUT2D eigenvalue weighted by Crippen LogP contribution is -1.91. The number of carboxylic acid groups (broad SMARTS) is 1. The van der Waals surface area contributed by atoms with Crippen LogP contribution in [-0.4, -0.2) is 37.8 Å². The van der Waals surface area contributed by atoms with Crippen molar-refractivity contribution in [2.24, 2.45) is 0 Å². The van der Waals surface area contributed by atoms with Gasteiger partial charge in [0, 0.05) is 12.1 Å². The number of carbonyl (C=O) groups is 1. The van der Waals surface area contributed by atoms with Crippen molar-refractivity contribution in [2.75, 3.05) is 7.11 Å². The Morgan fingerprint density at radius 2 is 2.20 bits per heavy atom. The Balaban J connectivity index is 2.15. The summed E-state index contributed by atoms with van der Waals surface area (Å²) in [6.45, 7) is 0. The van der Waals surface area contributed by atoms with Crippen LogP contribution in [-0.2, 0) is 0 Å². The van der Waals surface area contributed by atoms with Crippen molar-refractivity contribution in [3.05, 3.63) is 29.5 Å². The van der Waals surface area contributed by atoms with Crippen LogP contribution in [0.1, 0.15) is 9.67 Å². The van der Waals surface area contributed by atoms with Crippen LogP contribution in [0.4, 0.5) is 0 Å². The average Bonchev–Trinajstić information content (AvgIpc) is 3.01. The highest BCUT2D eigenvalue weighted by molar-refractivity contribution is 7.16. The maximum atomic E-state index is 10.9. The molecule has 0 saturated carbocycles. The summed E-state index contributed by atoms with van der Waals surface area (Å²) < 4.78 is 6.68. The molecule has 3 rings (SSSR count). The fourth-order valence-electron chi connectivity index (χ4n) is 1.82. The Bertz CT molecular complexity index is 808. The minimum Gasteiger partial charge on any atom is -0.506 e. The van der Waals surface area contributed by atoms with E-state index in [1.54, 1.807) is 23.2 Å². The molecule has 0 fully saturated rings. The smallest absolute Gasteiger partial charge is 0.349 e. The quantitative estimate of drug-likeness (QED) is 0.764. The molecule has 0 atom stereocenters. The first-order chi connectivity index (χ1) is 9.60. The predicted molar refractivity (Wildman–Crippen MR) is 71.9 cm³/mol. The van der Waals surface area contributed by atoms with E-state index in [1.165, 1.54) is 13.2 Å². The van der Waals surface area contributed by atoms with Crippen LogP contribution in [0.5, 0.6) is 11.6 Å². The van der Waals surface area contributed by atoms with Gasteiger partial charge in [0.25, 0.3) is 0 Å². The van der Waals surface area contributed by atoms with Crippen LogP contribution in [0, 0.1) is 0 Å². The fourth-order valence-corrected chi connectivity index (χ4v) is 2.69. The number of rotatable bonds is 3. The molecular weight excluding hydrogens is 282 g/mol. The number of aromatic carboxylic acids is 1.